The molecule has 1 aromatic heterocycles. The average Bonchev–Trinajstić information content (AvgIpc) is 3.37. The van der Waals surface area contributed by atoms with Gasteiger partial charge in [-0.25, -0.2) is 14.6 Å². The lowest BCUT2D eigenvalue weighted by molar-refractivity contribution is -0.139. The molecule has 13 heteroatoms. The molecule has 31 heavy (non-hydrogen) atoms. The molecular weight excluding hydrogens is 431 g/mol. The number of carbonyl (C=O) groups excluding carboxylic acids is 2. The summed E-state index contributed by atoms with van der Waals surface area (Å²) in [6.07, 6.45) is 1.15. The van der Waals surface area contributed by atoms with Gasteiger partial charge in [-0.3, -0.25) is 18.7 Å². The Balaban J connectivity index is 1.62. The fourth-order valence-electron chi connectivity index (χ4n) is 2.89. The molecule has 3 rings (SSSR count). The topological polar surface area (TPSA) is 164 Å². The zero-order valence-electron chi connectivity index (χ0n) is 16.7. The van der Waals surface area contributed by atoms with Crippen molar-refractivity contribution < 1.29 is 37.8 Å². The van der Waals surface area contributed by atoms with E-state index in [9.17, 15) is 19.3 Å². The summed E-state index contributed by atoms with van der Waals surface area (Å²) in [6, 6.07) is 8.35. The monoisotopic (exact) mass is 454 g/mol. The van der Waals surface area contributed by atoms with E-state index >= 15 is 0 Å². The normalized spacial score (nSPS) is 20.2. The minimum Gasteiger partial charge on any atom is -0.493 e. The number of benzene rings is 1. The Morgan fingerprint density at radius 1 is 1.35 bits per heavy atom. The predicted molar refractivity (Wildman–Crippen MR) is 106 cm³/mol. The maximum absolute atomic E-state index is 13.1. The molecule has 1 unspecified atom stereocenters. The molecule has 4 N–H and O–H groups in total. The predicted octanol–water partition coefficient (Wildman–Crippen LogP) is 1.33. The molecule has 2 aromatic rings. The molecule has 0 saturated carbocycles. The Kier molecular flexibility index (Phi) is 7.29. The van der Waals surface area contributed by atoms with Gasteiger partial charge in [0.15, 0.2) is 5.69 Å². The number of primary amides is 1. The zero-order valence-corrected chi connectivity index (χ0v) is 17.6. The summed E-state index contributed by atoms with van der Waals surface area (Å²) in [5.74, 6) is -1.60. The van der Waals surface area contributed by atoms with Crippen molar-refractivity contribution in [3.05, 3.63) is 42.4 Å². The highest BCUT2D eigenvalue weighted by molar-refractivity contribution is 7.52. The third kappa shape index (κ3) is 5.82. The van der Waals surface area contributed by atoms with E-state index in [4.69, 9.17) is 19.5 Å². The van der Waals surface area contributed by atoms with Crippen LogP contribution in [0.1, 0.15) is 29.6 Å². The second-order valence-electron chi connectivity index (χ2n) is 6.59. The summed E-state index contributed by atoms with van der Waals surface area (Å²) in [5.41, 5.74) is 4.90. The number of hydrogen-bond acceptors (Lipinski definition) is 9. The second-order valence-corrected chi connectivity index (χ2v) is 8.34. The van der Waals surface area contributed by atoms with E-state index in [1.54, 1.807) is 30.3 Å². The van der Waals surface area contributed by atoms with Crippen LogP contribution in [0, 0.1) is 0 Å². The van der Waals surface area contributed by atoms with Crippen LogP contribution >= 0.6 is 7.75 Å². The molecule has 12 nitrogen and oxygen atoms in total. The Morgan fingerprint density at radius 2 is 2.10 bits per heavy atom. The largest absolute Gasteiger partial charge is 0.493 e. The van der Waals surface area contributed by atoms with Gasteiger partial charge in [0.05, 0.1) is 19.8 Å². The number of nitrogens with zero attached hydrogens (tertiary/aromatic N) is 2. The molecular formula is C18H23N4O8P. The molecule has 2 heterocycles. The number of amides is 1. The van der Waals surface area contributed by atoms with Gasteiger partial charge in [0.2, 0.25) is 5.88 Å². The van der Waals surface area contributed by atoms with Gasteiger partial charge in [-0.2, -0.15) is 0 Å². The van der Waals surface area contributed by atoms with E-state index < -0.39 is 37.8 Å². The molecule has 1 aliphatic rings. The fourth-order valence-corrected chi connectivity index (χ4v) is 4.19. The van der Waals surface area contributed by atoms with Crippen LogP contribution in [0.5, 0.6) is 11.6 Å². The zero-order chi connectivity index (χ0) is 22.4. The maximum Gasteiger partial charge on any atom is 0.459 e. The van der Waals surface area contributed by atoms with Crippen molar-refractivity contribution in [2.24, 2.45) is 5.73 Å². The SMILES string of the molecule is COC(=O)CNP(=O)(OC[C@@H]1CC[C@H](n2cnc(C(N)=O)c2O)O1)Oc1ccccc1. The average molecular weight is 454 g/mol. The van der Waals surface area contributed by atoms with E-state index in [1.807, 2.05) is 0 Å². The Labute approximate surface area is 177 Å². The van der Waals surface area contributed by atoms with Crippen molar-refractivity contribution in [1.29, 1.82) is 0 Å². The molecule has 1 saturated heterocycles. The summed E-state index contributed by atoms with van der Waals surface area (Å²) in [7, 11) is -2.73. The van der Waals surface area contributed by atoms with Crippen LogP contribution in [0.4, 0.5) is 0 Å². The van der Waals surface area contributed by atoms with Gasteiger partial charge in [0.1, 0.15) is 24.8 Å². The van der Waals surface area contributed by atoms with Crippen molar-refractivity contribution in [1.82, 2.24) is 14.6 Å². The lowest BCUT2D eigenvalue weighted by atomic mass is 10.2. The number of esters is 1. The number of methoxy groups -OCH3 is 1. The van der Waals surface area contributed by atoms with Crippen LogP contribution in [0.3, 0.4) is 0 Å². The van der Waals surface area contributed by atoms with Crippen LogP contribution in [0.25, 0.3) is 0 Å². The number of aromatic nitrogens is 2. The van der Waals surface area contributed by atoms with Crippen LogP contribution in [0.15, 0.2) is 36.7 Å². The smallest absolute Gasteiger partial charge is 0.459 e. The minimum atomic E-state index is -3.93. The van der Waals surface area contributed by atoms with Gasteiger partial charge in [-0.15, -0.1) is 0 Å². The van der Waals surface area contributed by atoms with Gasteiger partial charge in [-0.1, -0.05) is 18.2 Å². The summed E-state index contributed by atoms with van der Waals surface area (Å²) in [4.78, 5) is 26.5. The highest BCUT2D eigenvalue weighted by Gasteiger charge is 2.34. The van der Waals surface area contributed by atoms with Crippen LogP contribution < -0.4 is 15.3 Å². The molecule has 0 radical (unpaired) electrons. The Hall–Kier alpha value is -2.92. The first-order valence-electron chi connectivity index (χ1n) is 9.33. The molecule has 0 spiro atoms. The van der Waals surface area contributed by atoms with E-state index in [-0.39, 0.29) is 24.6 Å². The lowest BCUT2D eigenvalue weighted by Crippen LogP contribution is -2.26. The van der Waals surface area contributed by atoms with Gasteiger partial charge in [0.25, 0.3) is 5.91 Å². The molecule has 1 fully saturated rings. The minimum absolute atomic E-state index is 0.118. The molecule has 1 aliphatic heterocycles. The van der Waals surface area contributed by atoms with Gasteiger partial charge >= 0.3 is 13.7 Å². The van der Waals surface area contributed by atoms with Crippen molar-refractivity contribution >= 4 is 19.6 Å². The maximum atomic E-state index is 13.1. The summed E-state index contributed by atoms with van der Waals surface area (Å²) < 4.78 is 35.7. The molecule has 3 atom stereocenters. The third-order valence-electron chi connectivity index (χ3n) is 4.44. The van der Waals surface area contributed by atoms with E-state index in [2.05, 4.69) is 14.8 Å². The fraction of sp³-hybridized carbons (Fsp3) is 0.389. The molecule has 0 aliphatic carbocycles. The molecule has 168 valence electrons. The van der Waals surface area contributed by atoms with E-state index in [0.717, 1.165) is 0 Å². The quantitative estimate of drug-likeness (QED) is 0.352. The van der Waals surface area contributed by atoms with Crippen molar-refractivity contribution in [3.63, 3.8) is 0 Å². The third-order valence-corrected chi connectivity index (χ3v) is 5.93. The molecule has 1 aromatic carbocycles. The highest BCUT2D eigenvalue weighted by atomic mass is 31.2. The number of rotatable bonds is 10. The molecule has 1 amide bonds. The Morgan fingerprint density at radius 3 is 2.74 bits per heavy atom. The number of imidazole rings is 1. The highest BCUT2D eigenvalue weighted by Crippen LogP contribution is 2.45. The van der Waals surface area contributed by atoms with Gasteiger partial charge in [0, 0.05) is 0 Å². The Bertz CT molecular complexity index is 967. The molecule has 0 bridgehead atoms. The summed E-state index contributed by atoms with van der Waals surface area (Å²) in [6.45, 7) is -0.500. The first kappa shape index (κ1) is 22.8. The van der Waals surface area contributed by atoms with E-state index in [0.29, 0.717) is 12.8 Å². The van der Waals surface area contributed by atoms with Crippen molar-refractivity contribution in [2.75, 3.05) is 20.3 Å². The number of ether oxygens (including phenoxy) is 2. The lowest BCUT2D eigenvalue weighted by Gasteiger charge is -2.21. The number of nitrogens with one attached hydrogen (secondary N) is 1. The van der Waals surface area contributed by atoms with E-state index in [1.165, 1.54) is 18.0 Å². The van der Waals surface area contributed by atoms with Crippen LogP contribution in [-0.2, 0) is 23.4 Å². The number of nitrogens with two attached hydrogens (primary N) is 1. The first-order valence-corrected chi connectivity index (χ1v) is 10.9. The number of hydrogen-bond donors (Lipinski definition) is 3. The van der Waals surface area contributed by atoms with Crippen LogP contribution in [0.2, 0.25) is 0 Å². The van der Waals surface area contributed by atoms with Crippen LogP contribution in [-0.4, -0.2) is 52.9 Å². The van der Waals surface area contributed by atoms with Gasteiger partial charge in [-0.05, 0) is 25.0 Å². The summed E-state index contributed by atoms with van der Waals surface area (Å²) in [5, 5.41) is 12.5. The number of carbonyl (C=O) groups is 2. The first-order chi connectivity index (χ1) is 14.8. The standard InChI is InChI=1S/C18H23N4O8P/c1-27-15(23)9-21-31(26,30-12-5-3-2-4-6-12)28-10-13-7-8-14(29-13)22-11-20-16(17(19)24)18(22)25/h2-6,11,13-14,25H,7-10H2,1H3,(H2,19,24)(H,21,26)/t13-,14+,31?/m0/s1. The van der Waals surface area contributed by atoms with Gasteiger partial charge < -0.3 is 24.8 Å². The van der Waals surface area contributed by atoms with Crippen molar-refractivity contribution in [3.8, 4) is 11.6 Å². The summed E-state index contributed by atoms with van der Waals surface area (Å²) >= 11 is 0. The number of aromatic hydroxyl groups is 1. The number of para-hydroxylation sites is 1. The second kappa shape index (κ2) is 9.92. The van der Waals surface area contributed by atoms with Crippen molar-refractivity contribution in [2.45, 2.75) is 25.2 Å².